The van der Waals surface area contributed by atoms with Crippen molar-refractivity contribution in [2.24, 2.45) is 0 Å². The summed E-state index contributed by atoms with van der Waals surface area (Å²) in [7, 11) is 1.65. The molecule has 1 heterocycles. The number of hydrogen-bond donors (Lipinski definition) is 1. The number of fused-ring (bicyclic) bond motifs is 1. The van der Waals surface area contributed by atoms with Gasteiger partial charge in [0.1, 0.15) is 5.75 Å². The van der Waals surface area contributed by atoms with Crippen LogP contribution < -0.4 is 15.0 Å². The quantitative estimate of drug-likeness (QED) is 0.623. The number of nitrogens with zero attached hydrogens (tertiary/aromatic N) is 1. The summed E-state index contributed by atoms with van der Waals surface area (Å²) in [4.78, 5) is 15.1. The molecule has 1 N–H and O–H groups in total. The maximum atomic E-state index is 12.7. The molecule has 4 nitrogen and oxygen atoms in total. The van der Waals surface area contributed by atoms with E-state index in [1.54, 1.807) is 7.11 Å². The maximum absolute atomic E-state index is 12.7. The summed E-state index contributed by atoms with van der Waals surface area (Å²) >= 11 is 0. The summed E-state index contributed by atoms with van der Waals surface area (Å²) in [5.41, 5.74) is 5.69. The lowest BCUT2D eigenvalue weighted by molar-refractivity contribution is 0.0940. The number of carbonyl (C=O) groups is 1. The van der Waals surface area contributed by atoms with E-state index in [0.29, 0.717) is 5.56 Å². The lowest BCUT2D eigenvalue weighted by atomic mass is 10.0. The lowest BCUT2D eigenvalue weighted by Crippen LogP contribution is -2.29. The number of methoxy groups -OCH3 is 1. The van der Waals surface area contributed by atoms with Crippen LogP contribution in [-0.4, -0.2) is 19.6 Å². The van der Waals surface area contributed by atoms with Crippen molar-refractivity contribution in [3.63, 3.8) is 0 Å². The van der Waals surface area contributed by atoms with Crippen molar-refractivity contribution in [2.45, 2.75) is 32.4 Å². The summed E-state index contributed by atoms with van der Waals surface area (Å²) in [6.45, 7) is 3.92. The predicted molar refractivity (Wildman–Crippen MR) is 121 cm³/mol. The van der Waals surface area contributed by atoms with Crippen LogP contribution in [0.25, 0.3) is 0 Å². The number of para-hydroxylation sites is 1. The summed E-state index contributed by atoms with van der Waals surface area (Å²) in [6.07, 6.45) is 2.33. The van der Waals surface area contributed by atoms with Crippen molar-refractivity contribution >= 4 is 11.6 Å². The van der Waals surface area contributed by atoms with Gasteiger partial charge in [0.05, 0.1) is 13.2 Å². The molecule has 0 aromatic heterocycles. The van der Waals surface area contributed by atoms with Crippen molar-refractivity contribution < 1.29 is 9.53 Å². The molecule has 4 rings (SSSR count). The normalized spacial score (nSPS) is 14.0. The number of nitrogens with one attached hydrogen (secondary N) is 1. The predicted octanol–water partition coefficient (Wildman–Crippen LogP) is 5.14. The number of aryl methyl sites for hydroxylation is 1. The molecule has 0 saturated carbocycles. The molecule has 0 unspecified atom stereocenters. The van der Waals surface area contributed by atoms with Crippen molar-refractivity contribution in [3.05, 3.63) is 95.1 Å². The number of ether oxygens (including phenoxy) is 1. The van der Waals surface area contributed by atoms with E-state index in [-0.39, 0.29) is 11.9 Å². The van der Waals surface area contributed by atoms with Crippen molar-refractivity contribution in [2.75, 3.05) is 18.6 Å². The smallest absolute Gasteiger partial charge is 0.251 e. The van der Waals surface area contributed by atoms with Crippen molar-refractivity contribution in [1.82, 2.24) is 5.32 Å². The SMILES string of the molecule is COc1ccc([C@@H](C)NC(=O)c2ccc(CN3CCCc4ccccc43)cc2)cc1. The van der Waals surface area contributed by atoms with Crippen LogP contribution in [-0.2, 0) is 13.0 Å². The topological polar surface area (TPSA) is 41.6 Å². The Hall–Kier alpha value is -3.27. The van der Waals surface area contributed by atoms with E-state index in [0.717, 1.165) is 30.8 Å². The molecule has 0 fully saturated rings. The summed E-state index contributed by atoms with van der Waals surface area (Å²) in [6, 6.07) is 24.3. The molecule has 1 atom stereocenters. The molecule has 1 aliphatic heterocycles. The molecule has 0 bridgehead atoms. The first-order valence-corrected chi connectivity index (χ1v) is 10.5. The van der Waals surface area contributed by atoms with E-state index in [4.69, 9.17) is 4.74 Å². The van der Waals surface area contributed by atoms with Gasteiger partial charge in [-0.3, -0.25) is 4.79 Å². The van der Waals surface area contributed by atoms with Crippen molar-refractivity contribution in [1.29, 1.82) is 0 Å². The first-order valence-electron chi connectivity index (χ1n) is 10.5. The zero-order chi connectivity index (χ0) is 20.9. The highest BCUT2D eigenvalue weighted by Gasteiger charge is 2.17. The van der Waals surface area contributed by atoms with Gasteiger partial charge in [-0.05, 0) is 66.8 Å². The molecule has 0 aliphatic carbocycles. The van der Waals surface area contributed by atoms with Crippen LogP contribution in [0.15, 0.2) is 72.8 Å². The Morgan fingerprint density at radius 2 is 1.77 bits per heavy atom. The molecule has 0 saturated heterocycles. The van der Waals surface area contributed by atoms with Crippen LogP contribution in [0.4, 0.5) is 5.69 Å². The molecule has 0 radical (unpaired) electrons. The molecule has 3 aromatic rings. The van der Waals surface area contributed by atoms with Crippen LogP contribution in [0, 0.1) is 0 Å². The minimum absolute atomic E-state index is 0.0619. The standard InChI is InChI=1S/C26H28N2O2/c1-19(21-13-15-24(30-2)16-14-21)27-26(29)23-11-9-20(10-12-23)18-28-17-5-7-22-6-3-4-8-25(22)28/h3-4,6,8-16,19H,5,7,17-18H2,1-2H3,(H,27,29)/t19-/m1/s1. The van der Waals surface area contributed by atoms with Gasteiger partial charge in [0, 0.05) is 24.3 Å². The van der Waals surface area contributed by atoms with Gasteiger partial charge < -0.3 is 15.0 Å². The Labute approximate surface area is 178 Å². The van der Waals surface area contributed by atoms with E-state index < -0.39 is 0 Å². The molecule has 30 heavy (non-hydrogen) atoms. The first-order chi connectivity index (χ1) is 14.6. The molecule has 3 aromatic carbocycles. The van der Waals surface area contributed by atoms with E-state index in [2.05, 4.69) is 46.6 Å². The third kappa shape index (κ3) is 4.48. The zero-order valence-electron chi connectivity index (χ0n) is 17.6. The Morgan fingerprint density at radius 1 is 1.03 bits per heavy atom. The minimum Gasteiger partial charge on any atom is -0.497 e. The molecule has 154 valence electrons. The minimum atomic E-state index is -0.0760. The van der Waals surface area contributed by atoms with Crippen LogP contribution in [0.1, 0.15) is 46.4 Å². The molecular formula is C26H28N2O2. The molecular weight excluding hydrogens is 372 g/mol. The van der Waals surface area contributed by atoms with Crippen LogP contribution >= 0.6 is 0 Å². The number of benzene rings is 3. The highest BCUT2D eigenvalue weighted by atomic mass is 16.5. The molecule has 4 heteroatoms. The Kier molecular flexibility index (Phi) is 6.03. The van der Waals surface area contributed by atoms with Gasteiger partial charge in [0.25, 0.3) is 5.91 Å². The molecule has 1 aliphatic rings. The average Bonchev–Trinajstić information content (AvgIpc) is 2.80. The molecule has 0 spiro atoms. The number of hydrogen-bond acceptors (Lipinski definition) is 3. The highest BCUT2D eigenvalue weighted by Crippen LogP contribution is 2.28. The molecule has 1 amide bonds. The largest absolute Gasteiger partial charge is 0.497 e. The summed E-state index contributed by atoms with van der Waals surface area (Å²) in [5, 5.41) is 3.07. The van der Waals surface area contributed by atoms with Gasteiger partial charge in [-0.2, -0.15) is 0 Å². The number of amides is 1. The van der Waals surface area contributed by atoms with E-state index >= 15 is 0 Å². The number of rotatable bonds is 6. The fourth-order valence-electron chi connectivity index (χ4n) is 4.01. The van der Waals surface area contributed by atoms with E-state index in [9.17, 15) is 4.79 Å². The van der Waals surface area contributed by atoms with Gasteiger partial charge in [-0.15, -0.1) is 0 Å². The number of carbonyl (C=O) groups excluding carboxylic acids is 1. The van der Waals surface area contributed by atoms with Crippen LogP contribution in [0.2, 0.25) is 0 Å². The third-order valence-corrected chi connectivity index (χ3v) is 5.76. The van der Waals surface area contributed by atoms with Crippen molar-refractivity contribution in [3.8, 4) is 5.75 Å². The second-order valence-corrected chi connectivity index (χ2v) is 7.82. The van der Waals surface area contributed by atoms with Gasteiger partial charge in [0.15, 0.2) is 0 Å². The van der Waals surface area contributed by atoms with Gasteiger partial charge >= 0.3 is 0 Å². The van der Waals surface area contributed by atoms with Crippen LogP contribution in [0.3, 0.4) is 0 Å². The maximum Gasteiger partial charge on any atom is 0.251 e. The van der Waals surface area contributed by atoms with Crippen LogP contribution in [0.5, 0.6) is 5.75 Å². The fourth-order valence-corrected chi connectivity index (χ4v) is 4.01. The Morgan fingerprint density at radius 3 is 2.50 bits per heavy atom. The van der Waals surface area contributed by atoms with E-state index in [1.165, 1.54) is 23.2 Å². The average molecular weight is 401 g/mol. The summed E-state index contributed by atoms with van der Waals surface area (Å²) in [5.74, 6) is 0.748. The lowest BCUT2D eigenvalue weighted by Gasteiger charge is -2.31. The Bertz CT molecular complexity index is 996. The Balaban J connectivity index is 1.39. The van der Waals surface area contributed by atoms with Gasteiger partial charge in [-0.1, -0.05) is 42.5 Å². The first kappa shape index (κ1) is 20.0. The highest BCUT2D eigenvalue weighted by molar-refractivity contribution is 5.94. The monoisotopic (exact) mass is 400 g/mol. The third-order valence-electron chi connectivity index (χ3n) is 5.76. The second kappa shape index (κ2) is 9.04. The summed E-state index contributed by atoms with van der Waals surface area (Å²) < 4.78 is 5.19. The second-order valence-electron chi connectivity index (χ2n) is 7.82. The van der Waals surface area contributed by atoms with Gasteiger partial charge in [0.2, 0.25) is 0 Å². The van der Waals surface area contributed by atoms with Gasteiger partial charge in [-0.25, -0.2) is 0 Å². The fraction of sp³-hybridized carbons (Fsp3) is 0.269. The zero-order valence-corrected chi connectivity index (χ0v) is 17.6. The van der Waals surface area contributed by atoms with E-state index in [1.807, 2.05) is 43.3 Å². The number of anilines is 1.